The second-order valence-corrected chi connectivity index (χ2v) is 5.09. The number of thioether (sulfide) groups is 1. The fourth-order valence-corrected chi connectivity index (χ4v) is 2.65. The van der Waals surface area contributed by atoms with Crippen LogP contribution in [0.3, 0.4) is 0 Å². The van der Waals surface area contributed by atoms with Gasteiger partial charge in [-0.3, -0.25) is 4.68 Å². The topological polar surface area (TPSA) is 43.8 Å². The van der Waals surface area contributed by atoms with Gasteiger partial charge in [-0.1, -0.05) is 6.92 Å². The molecule has 0 aliphatic rings. The minimum absolute atomic E-state index is 0.300. The number of hydrogen-bond donors (Lipinski definition) is 1. The van der Waals surface area contributed by atoms with Gasteiger partial charge in [-0.05, 0) is 30.7 Å². The van der Waals surface area contributed by atoms with Crippen LogP contribution in [0.15, 0.2) is 29.2 Å². The molecule has 0 saturated carbocycles. The molecule has 2 aromatic rings. The van der Waals surface area contributed by atoms with Crippen molar-refractivity contribution in [2.75, 3.05) is 5.73 Å². The summed E-state index contributed by atoms with van der Waals surface area (Å²) in [7, 11) is 1.93. The van der Waals surface area contributed by atoms with Crippen molar-refractivity contribution >= 4 is 17.4 Å². The summed E-state index contributed by atoms with van der Waals surface area (Å²) in [6.45, 7) is 2.08. The number of halogens is 1. The molecular weight excluding hydrogens is 249 g/mol. The minimum Gasteiger partial charge on any atom is -0.398 e. The maximum atomic E-state index is 12.9. The first-order chi connectivity index (χ1) is 8.60. The van der Waals surface area contributed by atoms with E-state index in [-0.39, 0.29) is 5.82 Å². The number of aromatic nitrogens is 2. The summed E-state index contributed by atoms with van der Waals surface area (Å²) in [4.78, 5) is 0.899. The van der Waals surface area contributed by atoms with Gasteiger partial charge in [0.1, 0.15) is 5.82 Å². The lowest BCUT2D eigenvalue weighted by molar-refractivity contribution is 0.627. The molecule has 0 bridgehead atoms. The van der Waals surface area contributed by atoms with E-state index in [0.29, 0.717) is 5.69 Å². The van der Waals surface area contributed by atoms with Crippen LogP contribution in [0.2, 0.25) is 0 Å². The summed E-state index contributed by atoms with van der Waals surface area (Å²) in [5.74, 6) is 0.477. The lowest BCUT2D eigenvalue weighted by Crippen LogP contribution is -1.97. The maximum Gasteiger partial charge on any atom is 0.125 e. The van der Waals surface area contributed by atoms with Gasteiger partial charge in [-0.2, -0.15) is 5.10 Å². The molecule has 1 aromatic carbocycles. The number of nitrogen functional groups attached to an aromatic ring is 1. The zero-order valence-electron chi connectivity index (χ0n) is 10.5. The van der Waals surface area contributed by atoms with Crippen LogP contribution < -0.4 is 5.73 Å². The number of nitrogens with two attached hydrogens (primary N) is 1. The van der Waals surface area contributed by atoms with Gasteiger partial charge in [0, 0.05) is 29.1 Å². The standard InChI is InChI=1S/C13H16FN3S/c1-3-10-7-11(17(2)16-10)8-18-13-5-4-9(14)6-12(13)15/h4-7H,3,8,15H2,1-2H3. The van der Waals surface area contributed by atoms with Crippen LogP contribution >= 0.6 is 11.8 Å². The normalized spacial score (nSPS) is 10.8. The molecule has 5 heteroatoms. The highest BCUT2D eigenvalue weighted by molar-refractivity contribution is 7.98. The third-order valence-electron chi connectivity index (χ3n) is 2.74. The van der Waals surface area contributed by atoms with Crippen molar-refractivity contribution in [1.29, 1.82) is 0 Å². The second-order valence-electron chi connectivity index (χ2n) is 4.07. The lowest BCUT2D eigenvalue weighted by Gasteiger charge is -2.05. The van der Waals surface area contributed by atoms with Gasteiger partial charge in [0.15, 0.2) is 0 Å². The molecule has 2 rings (SSSR count). The van der Waals surface area contributed by atoms with E-state index in [1.54, 1.807) is 17.8 Å². The molecule has 0 amide bonds. The van der Waals surface area contributed by atoms with Crippen LogP contribution in [-0.2, 0) is 19.2 Å². The quantitative estimate of drug-likeness (QED) is 0.682. The Balaban J connectivity index is 2.08. The Morgan fingerprint density at radius 2 is 2.17 bits per heavy atom. The van der Waals surface area contributed by atoms with Gasteiger partial charge in [0.05, 0.1) is 5.69 Å². The van der Waals surface area contributed by atoms with E-state index in [1.165, 1.54) is 12.1 Å². The van der Waals surface area contributed by atoms with E-state index >= 15 is 0 Å². The smallest absolute Gasteiger partial charge is 0.125 e. The first-order valence-corrected chi connectivity index (χ1v) is 6.78. The SMILES string of the molecule is CCc1cc(CSc2ccc(F)cc2N)n(C)n1. The number of nitrogens with zero attached hydrogens (tertiary/aromatic N) is 2. The van der Waals surface area contributed by atoms with Gasteiger partial charge in [0.2, 0.25) is 0 Å². The Morgan fingerprint density at radius 3 is 2.78 bits per heavy atom. The van der Waals surface area contributed by atoms with Crippen molar-refractivity contribution in [2.24, 2.45) is 7.05 Å². The zero-order chi connectivity index (χ0) is 13.1. The van der Waals surface area contributed by atoms with Crippen molar-refractivity contribution in [2.45, 2.75) is 24.0 Å². The molecule has 0 radical (unpaired) electrons. The number of benzene rings is 1. The van der Waals surface area contributed by atoms with E-state index < -0.39 is 0 Å². The Kier molecular flexibility index (Phi) is 3.91. The predicted molar refractivity (Wildman–Crippen MR) is 73.0 cm³/mol. The van der Waals surface area contributed by atoms with Crippen molar-refractivity contribution < 1.29 is 4.39 Å². The summed E-state index contributed by atoms with van der Waals surface area (Å²) in [6.07, 6.45) is 0.928. The lowest BCUT2D eigenvalue weighted by atomic mass is 10.3. The minimum atomic E-state index is -0.300. The fourth-order valence-electron chi connectivity index (χ4n) is 1.68. The molecule has 0 aliphatic carbocycles. The van der Waals surface area contributed by atoms with Crippen LogP contribution in [0.25, 0.3) is 0 Å². The molecule has 18 heavy (non-hydrogen) atoms. The molecule has 3 nitrogen and oxygen atoms in total. The first kappa shape index (κ1) is 13.0. The van der Waals surface area contributed by atoms with Crippen LogP contribution in [0.4, 0.5) is 10.1 Å². The molecule has 0 spiro atoms. The zero-order valence-corrected chi connectivity index (χ0v) is 11.3. The molecule has 96 valence electrons. The molecular formula is C13H16FN3S. The number of aryl methyl sites for hydroxylation is 2. The van der Waals surface area contributed by atoms with Crippen molar-refractivity contribution in [1.82, 2.24) is 9.78 Å². The summed E-state index contributed by atoms with van der Waals surface area (Å²) in [6, 6.07) is 6.58. The second kappa shape index (κ2) is 5.44. The van der Waals surface area contributed by atoms with E-state index in [2.05, 4.69) is 18.1 Å². The van der Waals surface area contributed by atoms with Crippen molar-refractivity contribution in [3.05, 3.63) is 41.5 Å². The highest BCUT2D eigenvalue weighted by atomic mass is 32.2. The monoisotopic (exact) mass is 265 g/mol. The van der Waals surface area contributed by atoms with Gasteiger partial charge in [0.25, 0.3) is 0 Å². The average molecular weight is 265 g/mol. The maximum absolute atomic E-state index is 12.9. The van der Waals surface area contributed by atoms with Gasteiger partial charge >= 0.3 is 0 Å². The van der Waals surface area contributed by atoms with Crippen LogP contribution in [0, 0.1) is 5.82 Å². The third-order valence-corrected chi connectivity index (χ3v) is 3.86. The Morgan fingerprint density at radius 1 is 1.39 bits per heavy atom. The fraction of sp³-hybridized carbons (Fsp3) is 0.308. The Bertz CT molecular complexity index is 551. The van der Waals surface area contributed by atoms with Crippen LogP contribution in [0.5, 0.6) is 0 Å². The van der Waals surface area contributed by atoms with Crippen molar-refractivity contribution in [3.63, 3.8) is 0 Å². The molecule has 0 saturated heterocycles. The molecule has 0 unspecified atom stereocenters. The van der Waals surface area contributed by atoms with Gasteiger partial charge < -0.3 is 5.73 Å². The predicted octanol–water partition coefficient (Wildman–Crippen LogP) is 3.00. The molecule has 0 fully saturated rings. The number of rotatable bonds is 4. The van der Waals surface area contributed by atoms with Gasteiger partial charge in [-0.25, -0.2) is 4.39 Å². The van der Waals surface area contributed by atoms with E-state index in [4.69, 9.17) is 5.73 Å². The number of hydrogen-bond acceptors (Lipinski definition) is 3. The highest BCUT2D eigenvalue weighted by Gasteiger charge is 2.06. The van der Waals surface area contributed by atoms with Gasteiger partial charge in [-0.15, -0.1) is 11.8 Å². The average Bonchev–Trinajstić information content (AvgIpc) is 2.69. The first-order valence-electron chi connectivity index (χ1n) is 5.79. The van der Waals surface area contributed by atoms with Crippen molar-refractivity contribution in [3.8, 4) is 0 Å². The summed E-state index contributed by atoms with van der Waals surface area (Å²) in [5.41, 5.74) is 8.48. The highest BCUT2D eigenvalue weighted by Crippen LogP contribution is 2.28. The third kappa shape index (κ3) is 2.85. The molecule has 1 heterocycles. The molecule has 0 atom stereocenters. The summed E-state index contributed by atoms with van der Waals surface area (Å²) in [5, 5.41) is 4.39. The van der Waals surface area contributed by atoms with E-state index in [0.717, 1.165) is 28.5 Å². The Labute approximate surface area is 110 Å². The van der Waals surface area contributed by atoms with E-state index in [9.17, 15) is 4.39 Å². The summed E-state index contributed by atoms with van der Waals surface area (Å²) < 4.78 is 14.8. The summed E-state index contributed by atoms with van der Waals surface area (Å²) >= 11 is 1.59. The van der Waals surface area contributed by atoms with Crippen LogP contribution in [-0.4, -0.2) is 9.78 Å². The van der Waals surface area contributed by atoms with E-state index in [1.807, 2.05) is 11.7 Å². The number of anilines is 1. The van der Waals surface area contributed by atoms with Crippen LogP contribution in [0.1, 0.15) is 18.3 Å². The molecule has 2 N–H and O–H groups in total. The molecule has 0 aliphatic heterocycles. The molecule has 1 aromatic heterocycles. The largest absolute Gasteiger partial charge is 0.398 e. The Hall–Kier alpha value is -1.49.